The normalized spacial score (nSPS) is 21.8. The number of hydrogen-bond acceptors (Lipinski definition) is 3. The van der Waals surface area contributed by atoms with Crippen molar-refractivity contribution >= 4 is 27.5 Å². The molecule has 1 aromatic carbocycles. The Morgan fingerprint density at radius 3 is 2.83 bits per heavy atom. The van der Waals surface area contributed by atoms with Crippen molar-refractivity contribution in [1.29, 1.82) is 0 Å². The summed E-state index contributed by atoms with van der Waals surface area (Å²) in [6.45, 7) is 0. The number of aryl methyl sites for hydroxylation is 1. The second-order valence-electron chi connectivity index (χ2n) is 6.24. The number of hydrogen-bond donors (Lipinski definition) is 1. The smallest absolute Gasteiger partial charge is 0.353 e. The lowest BCUT2D eigenvalue weighted by Crippen LogP contribution is -2.41. The first-order valence-electron chi connectivity index (χ1n) is 8.12. The summed E-state index contributed by atoms with van der Waals surface area (Å²) in [5.41, 5.74) is 0.915. The lowest BCUT2D eigenvalue weighted by atomic mass is 9.85. The molecule has 1 N–H and O–H groups in total. The monoisotopic (exact) mass is 356 g/mol. The zero-order valence-corrected chi connectivity index (χ0v) is 13.9. The van der Waals surface area contributed by atoms with Crippen LogP contribution >= 0.6 is 11.3 Å². The maximum absolute atomic E-state index is 12.8. The Balaban J connectivity index is 1.50. The number of nitrogens with zero attached hydrogens (tertiary/aromatic N) is 1. The number of benzene rings is 1. The van der Waals surface area contributed by atoms with Gasteiger partial charge >= 0.3 is 6.18 Å². The van der Waals surface area contributed by atoms with Crippen LogP contribution in [-0.4, -0.2) is 23.1 Å². The molecule has 1 aliphatic rings. The lowest BCUT2D eigenvalue weighted by Gasteiger charge is -2.31. The van der Waals surface area contributed by atoms with E-state index in [1.54, 1.807) is 11.3 Å². The average Bonchev–Trinajstić information content (AvgIpc) is 2.95. The van der Waals surface area contributed by atoms with Crippen molar-refractivity contribution in [1.82, 2.24) is 10.3 Å². The Labute approximate surface area is 142 Å². The van der Waals surface area contributed by atoms with Gasteiger partial charge in [-0.25, -0.2) is 4.98 Å². The van der Waals surface area contributed by atoms with Gasteiger partial charge in [-0.2, -0.15) is 13.2 Å². The number of thiazole rings is 1. The summed E-state index contributed by atoms with van der Waals surface area (Å²) in [4.78, 5) is 16.5. The molecule has 130 valence electrons. The summed E-state index contributed by atoms with van der Waals surface area (Å²) in [7, 11) is 0. The number of rotatable bonds is 4. The fourth-order valence-corrected chi connectivity index (χ4v) is 4.13. The third-order valence-corrected chi connectivity index (χ3v) is 5.50. The van der Waals surface area contributed by atoms with E-state index < -0.39 is 12.1 Å². The minimum Gasteiger partial charge on any atom is -0.353 e. The van der Waals surface area contributed by atoms with Gasteiger partial charge in [0.15, 0.2) is 0 Å². The van der Waals surface area contributed by atoms with Gasteiger partial charge in [0.25, 0.3) is 0 Å². The van der Waals surface area contributed by atoms with Crippen LogP contribution in [0.4, 0.5) is 13.2 Å². The molecule has 0 saturated heterocycles. The van der Waals surface area contributed by atoms with Crippen LogP contribution in [0.2, 0.25) is 0 Å². The summed E-state index contributed by atoms with van der Waals surface area (Å²) in [5, 5.41) is 3.64. The molecule has 7 heteroatoms. The molecule has 24 heavy (non-hydrogen) atoms. The van der Waals surface area contributed by atoms with Crippen LogP contribution < -0.4 is 5.32 Å². The van der Waals surface area contributed by atoms with Gasteiger partial charge in [-0.1, -0.05) is 18.6 Å². The van der Waals surface area contributed by atoms with Crippen LogP contribution in [0.25, 0.3) is 10.2 Å². The zero-order valence-electron chi connectivity index (χ0n) is 13.1. The van der Waals surface area contributed by atoms with Gasteiger partial charge in [-0.3, -0.25) is 4.79 Å². The first-order chi connectivity index (χ1) is 11.4. The number of fused-ring (bicyclic) bond motifs is 1. The number of carbonyl (C=O) groups is 1. The first-order valence-corrected chi connectivity index (χ1v) is 8.94. The van der Waals surface area contributed by atoms with Gasteiger partial charge in [0.05, 0.1) is 21.1 Å². The minimum absolute atomic E-state index is 0.00359. The number of nitrogens with one attached hydrogen (secondary N) is 1. The van der Waals surface area contributed by atoms with Crippen LogP contribution in [0.15, 0.2) is 24.3 Å². The highest BCUT2D eigenvalue weighted by atomic mass is 32.1. The predicted octanol–water partition coefficient (Wildman–Crippen LogP) is 4.47. The topological polar surface area (TPSA) is 42.0 Å². The molecule has 1 amide bonds. The van der Waals surface area contributed by atoms with Gasteiger partial charge in [-0.15, -0.1) is 11.3 Å². The number of carbonyl (C=O) groups excluding carboxylic acids is 1. The standard InChI is InChI=1S/C17H19F3N2OS/c18-17(19,20)11-4-3-5-12(10-11)21-15(23)8-9-16-22-13-6-1-2-7-14(13)24-16/h1-2,6-7,11-12H,3-5,8-10H2,(H,21,23)/t11-,12+/m0/s1. The SMILES string of the molecule is O=C(CCc1nc2ccccc2s1)N[C@@H]1CCC[C@H](C(F)(F)F)C1. The van der Waals surface area contributed by atoms with Crippen LogP contribution in [-0.2, 0) is 11.2 Å². The molecule has 1 saturated carbocycles. The molecule has 0 aliphatic heterocycles. The van der Waals surface area contributed by atoms with Crippen molar-refractivity contribution in [3.8, 4) is 0 Å². The molecule has 2 atom stereocenters. The van der Waals surface area contributed by atoms with Crippen molar-refractivity contribution < 1.29 is 18.0 Å². The Hall–Kier alpha value is -1.63. The fourth-order valence-electron chi connectivity index (χ4n) is 3.17. The van der Waals surface area contributed by atoms with Crippen molar-refractivity contribution in [2.45, 2.75) is 50.7 Å². The van der Waals surface area contributed by atoms with Gasteiger partial charge < -0.3 is 5.32 Å². The van der Waals surface area contributed by atoms with E-state index in [0.717, 1.165) is 15.2 Å². The van der Waals surface area contributed by atoms with E-state index in [2.05, 4.69) is 10.3 Å². The molecule has 0 spiro atoms. The van der Waals surface area contributed by atoms with Crippen molar-refractivity contribution in [2.75, 3.05) is 0 Å². The van der Waals surface area contributed by atoms with Crippen molar-refractivity contribution in [3.05, 3.63) is 29.3 Å². The van der Waals surface area contributed by atoms with E-state index in [9.17, 15) is 18.0 Å². The molecular weight excluding hydrogens is 337 g/mol. The Morgan fingerprint density at radius 1 is 1.29 bits per heavy atom. The van der Waals surface area contributed by atoms with Gasteiger partial charge in [0.2, 0.25) is 5.91 Å². The van der Waals surface area contributed by atoms with Crippen LogP contribution in [0.3, 0.4) is 0 Å². The molecule has 3 rings (SSSR count). The third kappa shape index (κ3) is 4.26. The highest BCUT2D eigenvalue weighted by Gasteiger charge is 2.42. The molecule has 0 radical (unpaired) electrons. The van der Waals surface area contributed by atoms with E-state index in [4.69, 9.17) is 0 Å². The zero-order chi connectivity index (χ0) is 17.2. The maximum Gasteiger partial charge on any atom is 0.391 e. The van der Waals surface area contributed by atoms with E-state index in [-0.39, 0.29) is 31.2 Å². The van der Waals surface area contributed by atoms with Crippen LogP contribution in [0.5, 0.6) is 0 Å². The summed E-state index contributed by atoms with van der Waals surface area (Å²) >= 11 is 1.55. The van der Waals surface area contributed by atoms with Crippen molar-refractivity contribution in [3.63, 3.8) is 0 Å². The summed E-state index contributed by atoms with van der Waals surface area (Å²) in [6, 6.07) is 7.40. The second kappa shape index (κ2) is 7.09. The molecular formula is C17H19F3N2OS. The van der Waals surface area contributed by atoms with Crippen LogP contribution in [0.1, 0.15) is 37.1 Å². The highest BCUT2D eigenvalue weighted by molar-refractivity contribution is 7.18. The van der Waals surface area contributed by atoms with Crippen molar-refractivity contribution in [2.24, 2.45) is 5.92 Å². The number of para-hydroxylation sites is 1. The van der Waals surface area contributed by atoms with Crippen LogP contribution in [0, 0.1) is 5.92 Å². The number of alkyl halides is 3. The first kappa shape index (κ1) is 17.2. The van der Waals surface area contributed by atoms with Gasteiger partial charge in [0, 0.05) is 18.9 Å². The molecule has 1 fully saturated rings. The van der Waals surface area contributed by atoms with Gasteiger partial charge in [-0.05, 0) is 31.4 Å². The predicted molar refractivity (Wildman–Crippen MR) is 87.9 cm³/mol. The van der Waals surface area contributed by atoms with Gasteiger partial charge in [0.1, 0.15) is 0 Å². The van der Waals surface area contributed by atoms with E-state index >= 15 is 0 Å². The van der Waals surface area contributed by atoms with E-state index in [0.29, 0.717) is 19.3 Å². The lowest BCUT2D eigenvalue weighted by molar-refractivity contribution is -0.184. The average molecular weight is 356 g/mol. The molecule has 1 heterocycles. The maximum atomic E-state index is 12.8. The summed E-state index contributed by atoms with van der Waals surface area (Å²) in [6.07, 6.45) is -2.09. The minimum atomic E-state index is -4.16. The molecule has 2 aromatic rings. The summed E-state index contributed by atoms with van der Waals surface area (Å²) in [5.74, 6) is -1.48. The second-order valence-corrected chi connectivity index (χ2v) is 7.36. The number of amides is 1. The quantitative estimate of drug-likeness (QED) is 0.878. The third-order valence-electron chi connectivity index (χ3n) is 4.41. The molecule has 0 unspecified atom stereocenters. The van der Waals surface area contributed by atoms with E-state index in [1.165, 1.54) is 0 Å². The molecule has 3 nitrogen and oxygen atoms in total. The fraction of sp³-hybridized carbons (Fsp3) is 0.529. The Bertz CT molecular complexity index is 680. The Kier molecular flexibility index (Phi) is 5.08. The van der Waals surface area contributed by atoms with E-state index in [1.807, 2.05) is 24.3 Å². The molecule has 0 bridgehead atoms. The molecule has 1 aromatic heterocycles. The molecule has 1 aliphatic carbocycles. The number of aromatic nitrogens is 1. The number of halogens is 3. The summed E-state index contributed by atoms with van der Waals surface area (Å²) < 4.78 is 39.5. The highest BCUT2D eigenvalue weighted by Crippen LogP contribution is 2.37. The largest absolute Gasteiger partial charge is 0.391 e. The Morgan fingerprint density at radius 2 is 2.08 bits per heavy atom.